The molecular weight excluding hydrogens is 256 g/mol. The summed E-state index contributed by atoms with van der Waals surface area (Å²) in [5.74, 6) is 1.57. The Balaban J connectivity index is 2.53. The average molecular weight is 297 g/mol. The molecule has 1 fully saturated rings. The van der Waals surface area contributed by atoms with Gasteiger partial charge in [-0.3, -0.25) is 0 Å². The van der Waals surface area contributed by atoms with Gasteiger partial charge in [-0.05, 0) is 56.7 Å². The number of hydrogen-bond donors (Lipinski definition) is 1. The molecule has 0 unspecified atom stereocenters. The second kappa shape index (κ2) is 9.84. The van der Waals surface area contributed by atoms with Gasteiger partial charge in [-0.2, -0.15) is 0 Å². The normalized spacial score (nSPS) is 19.4. The van der Waals surface area contributed by atoms with Crippen molar-refractivity contribution in [1.29, 1.82) is 0 Å². The van der Waals surface area contributed by atoms with Crippen molar-refractivity contribution in [3.8, 4) is 0 Å². The number of hydrogen-bond acceptors (Lipinski definition) is 2. The van der Waals surface area contributed by atoms with E-state index >= 15 is 0 Å². The molecule has 1 saturated carbocycles. The summed E-state index contributed by atoms with van der Waals surface area (Å²) in [5.41, 5.74) is 0.525. The van der Waals surface area contributed by atoms with Crippen LogP contribution in [0.1, 0.15) is 72.6 Å². The molecule has 0 atom stereocenters. The molecule has 21 heavy (non-hydrogen) atoms. The van der Waals surface area contributed by atoms with Crippen molar-refractivity contribution in [1.82, 2.24) is 10.2 Å². The molecule has 0 radical (unpaired) electrons. The first-order valence-electron chi connectivity index (χ1n) is 9.33. The summed E-state index contributed by atoms with van der Waals surface area (Å²) in [4.78, 5) is 2.60. The van der Waals surface area contributed by atoms with Crippen LogP contribution in [0.2, 0.25) is 0 Å². The molecule has 0 aromatic rings. The van der Waals surface area contributed by atoms with Crippen LogP contribution < -0.4 is 5.32 Å². The van der Waals surface area contributed by atoms with E-state index in [1.165, 1.54) is 64.6 Å². The van der Waals surface area contributed by atoms with Gasteiger partial charge in [0.15, 0.2) is 0 Å². The summed E-state index contributed by atoms with van der Waals surface area (Å²) in [6.07, 6.45) is 9.92. The Bertz CT molecular complexity index is 252. The molecule has 126 valence electrons. The van der Waals surface area contributed by atoms with Crippen LogP contribution in [-0.4, -0.2) is 38.1 Å². The topological polar surface area (TPSA) is 15.3 Å². The number of nitrogens with zero attached hydrogens (tertiary/aromatic N) is 1. The Morgan fingerprint density at radius 2 is 1.57 bits per heavy atom. The quantitative estimate of drug-likeness (QED) is 0.628. The van der Waals surface area contributed by atoms with Gasteiger partial charge in [0.2, 0.25) is 0 Å². The molecule has 0 heterocycles. The first-order valence-corrected chi connectivity index (χ1v) is 9.33. The molecule has 0 amide bonds. The number of nitrogens with one attached hydrogen (secondary N) is 1. The lowest BCUT2D eigenvalue weighted by Crippen LogP contribution is -2.44. The van der Waals surface area contributed by atoms with E-state index in [0.29, 0.717) is 5.41 Å². The summed E-state index contributed by atoms with van der Waals surface area (Å²) >= 11 is 0. The largest absolute Gasteiger partial charge is 0.316 e. The van der Waals surface area contributed by atoms with Crippen LogP contribution >= 0.6 is 0 Å². The Morgan fingerprint density at radius 1 is 0.952 bits per heavy atom. The van der Waals surface area contributed by atoms with Gasteiger partial charge in [0.25, 0.3) is 0 Å². The molecule has 0 bridgehead atoms. The zero-order valence-electron chi connectivity index (χ0n) is 15.4. The van der Waals surface area contributed by atoms with E-state index in [9.17, 15) is 0 Å². The molecule has 0 saturated heterocycles. The van der Waals surface area contributed by atoms with Gasteiger partial charge in [-0.15, -0.1) is 0 Å². The van der Waals surface area contributed by atoms with Crippen molar-refractivity contribution < 1.29 is 0 Å². The molecule has 0 spiro atoms. The molecule has 1 aliphatic rings. The first kappa shape index (κ1) is 19.0. The van der Waals surface area contributed by atoms with Gasteiger partial charge >= 0.3 is 0 Å². The van der Waals surface area contributed by atoms with E-state index in [-0.39, 0.29) is 0 Å². The van der Waals surface area contributed by atoms with Crippen molar-refractivity contribution in [2.75, 3.05) is 33.2 Å². The van der Waals surface area contributed by atoms with Crippen LogP contribution in [0.5, 0.6) is 0 Å². The van der Waals surface area contributed by atoms with E-state index < -0.39 is 0 Å². The van der Waals surface area contributed by atoms with Crippen LogP contribution in [0.25, 0.3) is 0 Å². The van der Waals surface area contributed by atoms with Crippen molar-refractivity contribution in [3.05, 3.63) is 0 Å². The Labute approximate surface area is 134 Å². The summed E-state index contributed by atoms with van der Waals surface area (Å²) in [5, 5.41) is 3.77. The maximum atomic E-state index is 3.77. The second-order valence-corrected chi connectivity index (χ2v) is 8.36. The second-order valence-electron chi connectivity index (χ2n) is 8.36. The zero-order chi connectivity index (χ0) is 15.7. The molecule has 1 aliphatic carbocycles. The van der Waals surface area contributed by atoms with Crippen molar-refractivity contribution in [3.63, 3.8) is 0 Å². The van der Waals surface area contributed by atoms with Crippen LogP contribution in [0.15, 0.2) is 0 Å². The van der Waals surface area contributed by atoms with Crippen LogP contribution in [0.4, 0.5) is 0 Å². The van der Waals surface area contributed by atoms with E-state index in [2.05, 4.69) is 45.0 Å². The highest BCUT2D eigenvalue weighted by molar-refractivity contribution is 4.86. The monoisotopic (exact) mass is 296 g/mol. The molecule has 0 aliphatic heterocycles. The Kier molecular flexibility index (Phi) is 8.89. The van der Waals surface area contributed by atoms with Crippen molar-refractivity contribution in [2.45, 2.75) is 72.6 Å². The highest BCUT2D eigenvalue weighted by Crippen LogP contribution is 2.35. The van der Waals surface area contributed by atoms with Crippen LogP contribution in [0, 0.1) is 17.3 Å². The number of rotatable bonds is 9. The van der Waals surface area contributed by atoms with Crippen molar-refractivity contribution in [2.24, 2.45) is 17.3 Å². The first-order chi connectivity index (χ1) is 9.93. The fourth-order valence-corrected chi connectivity index (χ4v) is 3.63. The zero-order valence-corrected chi connectivity index (χ0v) is 15.4. The van der Waals surface area contributed by atoms with Gasteiger partial charge in [-0.25, -0.2) is 0 Å². The average Bonchev–Trinajstić information content (AvgIpc) is 2.62. The standard InChI is InChI=1S/C19H40N2/c1-17(2)10-13-21(5)16-19(15-20-14-18(3)4)11-8-6-7-9-12-19/h17-18,20H,6-16H2,1-5H3. The third kappa shape index (κ3) is 8.21. The molecule has 2 heteroatoms. The smallest absolute Gasteiger partial charge is 0.00471 e. The molecule has 1 rings (SSSR count). The third-order valence-electron chi connectivity index (χ3n) is 4.91. The maximum Gasteiger partial charge on any atom is 0.00471 e. The lowest BCUT2D eigenvalue weighted by molar-refractivity contribution is 0.141. The molecule has 1 N–H and O–H groups in total. The summed E-state index contributed by atoms with van der Waals surface area (Å²) < 4.78 is 0. The highest BCUT2D eigenvalue weighted by atomic mass is 15.1. The van der Waals surface area contributed by atoms with E-state index in [0.717, 1.165) is 18.4 Å². The van der Waals surface area contributed by atoms with Crippen molar-refractivity contribution >= 4 is 0 Å². The summed E-state index contributed by atoms with van der Waals surface area (Å²) in [6, 6.07) is 0. The lowest BCUT2D eigenvalue weighted by Gasteiger charge is -2.37. The van der Waals surface area contributed by atoms with Gasteiger partial charge in [-0.1, -0.05) is 53.4 Å². The minimum absolute atomic E-state index is 0.525. The Morgan fingerprint density at radius 3 is 2.10 bits per heavy atom. The molecular formula is C19H40N2. The maximum absolute atomic E-state index is 3.77. The fourth-order valence-electron chi connectivity index (χ4n) is 3.63. The van der Waals surface area contributed by atoms with E-state index in [4.69, 9.17) is 0 Å². The minimum atomic E-state index is 0.525. The minimum Gasteiger partial charge on any atom is -0.316 e. The molecule has 0 aromatic heterocycles. The molecule has 0 aromatic carbocycles. The van der Waals surface area contributed by atoms with E-state index in [1.54, 1.807) is 0 Å². The van der Waals surface area contributed by atoms with Gasteiger partial charge in [0, 0.05) is 13.1 Å². The lowest BCUT2D eigenvalue weighted by atomic mass is 9.79. The van der Waals surface area contributed by atoms with Gasteiger partial charge < -0.3 is 10.2 Å². The molecule has 2 nitrogen and oxygen atoms in total. The predicted molar refractivity (Wildman–Crippen MR) is 94.8 cm³/mol. The highest BCUT2D eigenvalue weighted by Gasteiger charge is 2.31. The van der Waals surface area contributed by atoms with Gasteiger partial charge in [0.1, 0.15) is 0 Å². The summed E-state index contributed by atoms with van der Waals surface area (Å²) in [6.45, 7) is 14.2. The van der Waals surface area contributed by atoms with Crippen LogP contribution in [0.3, 0.4) is 0 Å². The van der Waals surface area contributed by atoms with Gasteiger partial charge in [0.05, 0.1) is 0 Å². The van der Waals surface area contributed by atoms with E-state index in [1.807, 2.05) is 0 Å². The summed E-state index contributed by atoms with van der Waals surface area (Å²) in [7, 11) is 2.33. The van der Waals surface area contributed by atoms with Crippen LogP contribution in [-0.2, 0) is 0 Å². The fraction of sp³-hybridized carbons (Fsp3) is 1.00. The predicted octanol–water partition coefficient (Wildman–Crippen LogP) is 4.55. The SMILES string of the molecule is CC(C)CCN(C)CC1(CNCC(C)C)CCCCCC1. The Hall–Kier alpha value is -0.0800. The third-order valence-corrected chi connectivity index (χ3v) is 4.91.